The molecule has 0 amide bonds. The van der Waals surface area contributed by atoms with Gasteiger partial charge < -0.3 is 5.32 Å². The van der Waals surface area contributed by atoms with Gasteiger partial charge in [0.25, 0.3) is 0 Å². The molecule has 65 valence electrons. The summed E-state index contributed by atoms with van der Waals surface area (Å²) >= 11 is 0. The molecule has 1 unspecified atom stereocenters. The zero-order chi connectivity index (χ0) is 8.81. The van der Waals surface area contributed by atoms with Crippen molar-refractivity contribution in [2.75, 3.05) is 5.32 Å². The summed E-state index contributed by atoms with van der Waals surface area (Å²) in [5.41, 5.74) is 1.16. The topological polar surface area (TPSA) is 12.0 Å². The Morgan fingerprint density at radius 1 is 1.33 bits per heavy atom. The van der Waals surface area contributed by atoms with Crippen LogP contribution in [-0.2, 0) is 0 Å². The van der Waals surface area contributed by atoms with E-state index in [2.05, 4.69) is 31.3 Å². The monoisotopic (exact) mass is 162 g/mol. The molecule has 0 aliphatic heterocycles. The molecule has 0 aliphatic rings. The van der Waals surface area contributed by atoms with Crippen molar-refractivity contribution in [2.45, 2.75) is 25.8 Å². The van der Waals surface area contributed by atoms with Crippen LogP contribution in [0.2, 0.25) is 0 Å². The van der Waals surface area contributed by atoms with Crippen LogP contribution in [0, 0.1) is 6.92 Å². The van der Waals surface area contributed by atoms with Crippen LogP contribution in [-0.4, -0.2) is 6.04 Å². The first-order valence-corrected chi connectivity index (χ1v) is 4.47. The smallest absolute Gasteiger partial charge is 0.0342 e. The lowest BCUT2D eigenvalue weighted by atomic mass is 10.2. The fourth-order valence-electron chi connectivity index (χ4n) is 1.19. The molecule has 1 aromatic rings. The highest BCUT2D eigenvalue weighted by Gasteiger charge is 1.98. The van der Waals surface area contributed by atoms with Crippen molar-refractivity contribution in [3.63, 3.8) is 0 Å². The molecule has 0 spiro atoms. The number of nitrogens with one attached hydrogen (secondary N) is 1. The van der Waals surface area contributed by atoms with Crippen molar-refractivity contribution in [3.8, 4) is 0 Å². The van der Waals surface area contributed by atoms with Crippen LogP contribution in [0.3, 0.4) is 0 Å². The molecule has 1 heteroatoms. The van der Waals surface area contributed by atoms with E-state index in [0.29, 0.717) is 6.04 Å². The highest BCUT2D eigenvalue weighted by Crippen LogP contribution is 2.08. The first kappa shape index (κ1) is 9.11. The SMILES string of the molecule is [CH2]C(CCC)Nc1ccccc1. The third kappa shape index (κ3) is 2.95. The maximum atomic E-state index is 4.01. The van der Waals surface area contributed by atoms with Crippen LogP contribution >= 0.6 is 0 Å². The predicted octanol–water partition coefficient (Wildman–Crippen LogP) is 3.10. The van der Waals surface area contributed by atoms with Gasteiger partial charge >= 0.3 is 0 Å². The minimum atomic E-state index is 0.331. The average Bonchev–Trinajstić information content (AvgIpc) is 2.06. The minimum Gasteiger partial charge on any atom is -0.382 e. The van der Waals surface area contributed by atoms with Crippen molar-refractivity contribution < 1.29 is 0 Å². The molecule has 1 atom stereocenters. The van der Waals surface area contributed by atoms with Gasteiger partial charge in [-0.3, -0.25) is 0 Å². The number of rotatable bonds is 4. The molecule has 1 aromatic carbocycles. The van der Waals surface area contributed by atoms with Crippen LogP contribution < -0.4 is 5.32 Å². The average molecular weight is 162 g/mol. The van der Waals surface area contributed by atoms with Crippen LogP contribution in [0.25, 0.3) is 0 Å². The highest BCUT2D eigenvalue weighted by molar-refractivity contribution is 5.43. The van der Waals surface area contributed by atoms with Crippen molar-refractivity contribution in [3.05, 3.63) is 37.3 Å². The van der Waals surface area contributed by atoms with Crippen molar-refractivity contribution in [1.82, 2.24) is 0 Å². The number of hydrogen-bond acceptors (Lipinski definition) is 1. The van der Waals surface area contributed by atoms with Gasteiger partial charge in [0.15, 0.2) is 0 Å². The standard InChI is InChI=1S/C11H16N/c1-3-7-10(2)12-11-8-5-4-6-9-11/h4-6,8-10,12H,2-3,7H2,1H3. The summed E-state index contributed by atoms with van der Waals surface area (Å²) in [4.78, 5) is 0. The summed E-state index contributed by atoms with van der Waals surface area (Å²) < 4.78 is 0. The second-order valence-corrected chi connectivity index (χ2v) is 3.00. The fourth-order valence-corrected chi connectivity index (χ4v) is 1.19. The quantitative estimate of drug-likeness (QED) is 0.717. The van der Waals surface area contributed by atoms with E-state index in [0.717, 1.165) is 12.1 Å². The number of para-hydroxylation sites is 1. The summed E-state index contributed by atoms with van der Waals surface area (Å²) in [6, 6.07) is 10.5. The van der Waals surface area contributed by atoms with Gasteiger partial charge in [-0.2, -0.15) is 0 Å². The molecule has 1 nitrogen and oxygen atoms in total. The van der Waals surface area contributed by atoms with Gasteiger partial charge in [0.1, 0.15) is 0 Å². The Morgan fingerprint density at radius 2 is 2.00 bits per heavy atom. The summed E-state index contributed by atoms with van der Waals surface area (Å²) in [6.07, 6.45) is 2.29. The minimum absolute atomic E-state index is 0.331. The molecule has 1 radical (unpaired) electrons. The predicted molar refractivity (Wildman–Crippen MR) is 54.1 cm³/mol. The second kappa shape index (κ2) is 4.81. The van der Waals surface area contributed by atoms with E-state index in [1.807, 2.05) is 18.2 Å². The summed E-state index contributed by atoms with van der Waals surface area (Å²) in [7, 11) is 0. The van der Waals surface area contributed by atoms with Gasteiger partial charge in [-0.05, 0) is 25.5 Å². The van der Waals surface area contributed by atoms with Gasteiger partial charge in [0, 0.05) is 11.7 Å². The van der Waals surface area contributed by atoms with E-state index in [1.54, 1.807) is 0 Å². The molecule has 0 fully saturated rings. The molecular weight excluding hydrogens is 146 g/mol. The first-order valence-electron chi connectivity index (χ1n) is 4.47. The molecule has 0 saturated carbocycles. The van der Waals surface area contributed by atoms with Crippen molar-refractivity contribution in [1.29, 1.82) is 0 Å². The maximum absolute atomic E-state index is 4.01. The molecule has 0 bridgehead atoms. The van der Waals surface area contributed by atoms with Gasteiger partial charge in [0.2, 0.25) is 0 Å². The largest absolute Gasteiger partial charge is 0.382 e. The van der Waals surface area contributed by atoms with Gasteiger partial charge in [-0.15, -0.1) is 0 Å². The van der Waals surface area contributed by atoms with E-state index in [4.69, 9.17) is 0 Å². The van der Waals surface area contributed by atoms with Gasteiger partial charge in [0.05, 0.1) is 0 Å². The van der Waals surface area contributed by atoms with E-state index in [-0.39, 0.29) is 0 Å². The van der Waals surface area contributed by atoms with E-state index in [1.165, 1.54) is 6.42 Å². The Labute approximate surface area is 74.8 Å². The van der Waals surface area contributed by atoms with Crippen molar-refractivity contribution >= 4 is 5.69 Å². The van der Waals surface area contributed by atoms with Crippen molar-refractivity contribution in [2.24, 2.45) is 0 Å². The Kier molecular flexibility index (Phi) is 3.65. The molecular formula is C11H16N. The summed E-state index contributed by atoms with van der Waals surface area (Å²) in [5.74, 6) is 0. The normalized spacial score (nSPS) is 12.5. The second-order valence-electron chi connectivity index (χ2n) is 3.00. The molecule has 0 heterocycles. The van der Waals surface area contributed by atoms with E-state index < -0.39 is 0 Å². The Hall–Kier alpha value is -0.980. The third-order valence-electron chi connectivity index (χ3n) is 1.78. The zero-order valence-corrected chi connectivity index (χ0v) is 7.59. The number of hydrogen-bond donors (Lipinski definition) is 1. The van der Waals surface area contributed by atoms with Crippen LogP contribution in [0.4, 0.5) is 5.69 Å². The molecule has 1 N–H and O–H groups in total. The number of anilines is 1. The summed E-state index contributed by atoms with van der Waals surface area (Å²) in [6.45, 7) is 6.18. The zero-order valence-electron chi connectivity index (χ0n) is 7.59. The molecule has 0 aliphatic carbocycles. The third-order valence-corrected chi connectivity index (χ3v) is 1.78. The first-order chi connectivity index (χ1) is 5.83. The van der Waals surface area contributed by atoms with E-state index >= 15 is 0 Å². The van der Waals surface area contributed by atoms with Crippen LogP contribution in [0.5, 0.6) is 0 Å². The molecule has 12 heavy (non-hydrogen) atoms. The summed E-state index contributed by atoms with van der Waals surface area (Å²) in [5, 5.41) is 3.33. The molecule has 0 saturated heterocycles. The Balaban J connectivity index is 2.41. The van der Waals surface area contributed by atoms with Crippen LogP contribution in [0.1, 0.15) is 19.8 Å². The highest BCUT2D eigenvalue weighted by atomic mass is 14.9. The van der Waals surface area contributed by atoms with Gasteiger partial charge in [-0.25, -0.2) is 0 Å². The van der Waals surface area contributed by atoms with E-state index in [9.17, 15) is 0 Å². The van der Waals surface area contributed by atoms with Crippen LogP contribution in [0.15, 0.2) is 30.3 Å². The maximum Gasteiger partial charge on any atom is 0.0342 e. The molecule has 1 rings (SSSR count). The lowest BCUT2D eigenvalue weighted by molar-refractivity contribution is 0.737. The number of benzene rings is 1. The fraction of sp³-hybridized carbons (Fsp3) is 0.364. The Morgan fingerprint density at radius 3 is 2.58 bits per heavy atom. The molecule has 0 aromatic heterocycles. The Bertz CT molecular complexity index is 206. The lowest BCUT2D eigenvalue weighted by Crippen LogP contribution is -2.14. The lowest BCUT2D eigenvalue weighted by Gasteiger charge is -2.13. The van der Waals surface area contributed by atoms with Gasteiger partial charge in [-0.1, -0.05) is 31.5 Å².